The van der Waals surface area contributed by atoms with Gasteiger partial charge in [-0.25, -0.2) is 0 Å². The van der Waals surface area contributed by atoms with E-state index in [1.54, 1.807) is 0 Å². The third-order valence-corrected chi connectivity index (χ3v) is 3.33. The number of rotatable bonds is 5. The van der Waals surface area contributed by atoms with E-state index in [9.17, 15) is 4.79 Å². The number of nitrogens with two attached hydrogens (primary N) is 1. The largest absolute Gasteiger partial charge is 0.340 e. The van der Waals surface area contributed by atoms with Crippen LogP contribution >= 0.6 is 0 Å². The van der Waals surface area contributed by atoms with E-state index in [2.05, 4.69) is 0 Å². The molecule has 0 spiro atoms. The fraction of sp³-hybridized carbons (Fsp3) is 0.500. The molecular weight excluding hydrogens is 212 g/mol. The quantitative estimate of drug-likeness (QED) is 0.840. The lowest BCUT2D eigenvalue weighted by Gasteiger charge is -2.21. The topological polar surface area (TPSA) is 46.3 Å². The molecule has 3 heteroatoms. The van der Waals surface area contributed by atoms with Gasteiger partial charge >= 0.3 is 0 Å². The molecule has 1 aliphatic rings. The number of carbonyl (C=O) groups is 1. The molecule has 92 valence electrons. The van der Waals surface area contributed by atoms with Crippen molar-refractivity contribution < 1.29 is 4.79 Å². The third-order valence-electron chi connectivity index (χ3n) is 3.33. The Kier molecular flexibility index (Phi) is 3.79. The molecule has 2 rings (SSSR count). The van der Waals surface area contributed by atoms with Crippen LogP contribution in [0.4, 0.5) is 0 Å². The van der Waals surface area contributed by atoms with Crippen LogP contribution in [-0.4, -0.2) is 23.4 Å². The molecule has 0 aliphatic heterocycles. The zero-order valence-electron chi connectivity index (χ0n) is 10.4. The Morgan fingerprint density at radius 3 is 2.53 bits per heavy atom. The molecule has 2 N–H and O–H groups in total. The average Bonchev–Trinajstić information content (AvgIpc) is 3.15. The highest BCUT2D eigenvalue weighted by atomic mass is 16.2. The van der Waals surface area contributed by atoms with Crippen molar-refractivity contribution in [2.75, 3.05) is 6.54 Å². The van der Waals surface area contributed by atoms with Gasteiger partial charge in [0, 0.05) is 19.1 Å². The van der Waals surface area contributed by atoms with Gasteiger partial charge in [0.25, 0.3) is 0 Å². The molecule has 1 aliphatic carbocycles. The summed E-state index contributed by atoms with van der Waals surface area (Å²) < 4.78 is 0. The SMILES string of the molecule is CCN(C(=O)Cc1ccccc1CN)C1CC1. The van der Waals surface area contributed by atoms with E-state index in [1.165, 1.54) is 0 Å². The third kappa shape index (κ3) is 2.86. The van der Waals surface area contributed by atoms with E-state index in [4.69, 9.17) is 5.73 Å². The second kappa shape index (κ2) is 5.32. The van der Waals surface area contributed by atoms with Gasteiger partial charge in [-0.05, 0) is 30.9 Å². The van der Waals surface area contributed by atoms with Crippen LogP contribution in [0, 0.1) is 0 Å². The molecule has 0 radical (unpaired) electrons. The summed E-state index contributed by atoms with van der Waals surface area (Å²) in [6, 6.07) is 8.43. The van der Waals surface area contributed by atoms with Crippen LogP contribution in [0.3, 0.4) is 0 Å². The number of hydrogen-bond donors (Lipinski definition) is 1. The molecule has 1 amide bonds. The lowest BCUT2D eigenvalue weighted by molar-refractivity contribution is -0.130. The van der Waals surface area contributed by atoms with Crippen LogP contribution in [0.1, 0.15) is 30.9 Å². The minimum absolute atomic E-state index is 0.232. The lowest BCUT2D eigenvalue weighted by Crippen LogP contribution is -2.34. The Balaban J connectivity index is 2.06. The van der Waals surface area contributed by atoms with Gasteiger partial charge in [0.2, 0.25) is 5.91 Å². The van der Waals surface area contributed by atoms with Crippen molar-refractivity contribution in [2.45, 2.75) is 38.8 Å². The smallest absolute Gasteiger partial charge is 0.227 e. The molecule has 0 bridgehead atoms. The Hall–Kier alpha value is -1.35. The highest BCUT2D eigenvalue weighted by molar-refractivity contribution is 5.79. The number of amides is 1. The van der Waals surface area contributed by atoms with E-state index < -0.39 is 0 Å². The summed E-state index contributed by atoms with van der Waals surface area (Å²) in [5, 5.41) is 0. The maximum absolute atomic E-state index is 12.2. The van der Waals surface area contributed by atoms with Gasteiger partial charge in [0.15, 0.2) is 0 Å². The molecule has 1 saturated carbocycles. The molecule has 17 heavy (non-hydrogen) atoms. The van der Waals surface area contributed by atoms with Gasteiger partial charge in [-0.2, -0.15) is 0 Å². The van der Waals surface area contributed by atoms with Crippen molar-refractivity contribution in [1.29, 1.82) is 0 Å². The number of hydrogen-bond acceptors (Lipinski definition) is 2. The summed E-state index contributed by atoms with van der Waals surface area (Å²) in [5.74, 6) is 0.232. The summed E-state index contributed by atoms with van der Waals surface area (Å²) >= 11 is 0. The molecule has 0 aromatic heterocycles. The van der Waals surface area contributed by atoms with Crippen molar-refractivity contribution in [1.82, 2.24) is 4.90 Å². The highest BCUT2D eigenvalue weighted by Crippen LogP contribution is 2.27. The maximum Gasteiger partial charge on any atom is 0.227 e. The van der Waals surface area contributed by atoms with Crippen LogP contribution in [0.2, 0.25) is 0 Å². The second-order valence-electron chi connectivity index (χ2n) is 4.56. The summed E-state index contributed by atoms with van der Waals surface area (Å²) in [7, 11) is 0. The van der Waals surface area contributed by atoms with Crippen LogP contribution in [-0.2, 0) is 17.8 Å². The zero-order valence-corrected chi connectivity index (χ0v) is 10.4. The van der Waals surface area contributed by atoms with Gasteiger partial charge in [-0.3, -0.25) is 4.79 Å². The van der Waals surface area contributed by atoms with E-state index in [0.29, 0.717) is 19.0 Å². The summed E-state index contributed by atoms with van der Waals surface area (Å²) in [6.45, 7) is 3.36. The molecule has 1 fully saturated rings. The predicted octanol–water partition coefficient (Wildman–Crippen LogP) is 1.70. The average molecular weight is 232 g/mol. The van der Waals surface area contributed by atoms with Crippen LogP contribution < -0.4 is 5.73 Å². The number of likely N-dealkylation sites (N-methyl/N-ethyl adjacent to an activating group) is 1. The van der Waals surface area contributed by atoms with E-state index in [-0.39, 0.29) is 5.91 Å². The molecule has 1 aromatic rings. The monoisotopic (exact) mass is 232 g/mol. The molecule has 1 aromatic carbocycles. The summed E-state index contributed by atoms with van der Waals surface area (Å²) in [5.41, 5.74) is 7.83. The molecular formula is C14H20N2O. The van der Waals surface area contributed by atoms with Gasteiger partial charge < -0.3 is 10.6 Å². The standard InChI is InChI=1S/C14H20N2O/c1-2-16(13-7-8-13)14(17)9-11-5-3-4-6-12(11)10-15/h3-6,13H,2,7-10,15H2,1H3. The number of benzene rings is 1. The fourth-order valence-electron chi connectivity index (χ4n) is 2.22. The second-order valence-corrected chi connectivity index (χ2v) is 4.56. The van der Waals surface area contributed by atoms with Crippen molar-refractivity contribution in [3.8, 4) is 0 Å². The molecule has 0 atom stereocenters. The Morgan fingerprint density at radius 1 is 1.35 bits per heavy atom. The fourth-order valence-corrected chi connectivity index (χ4v) is 2.22. The lowest BCUT2D eigenvalue weighted by atomic mass is 10.0. The molecule has 0 saturated heterocycles. The molecule has 0 heterocycles. The van der Waals surface area contributed by atoms with E-state index in [0.717, 1.165) is 30.5 Å². The first-order chi connectivity index (χ1) is 8.26. The normalized spacial score (nSPS) is 14.7. The number of carbonyl (C=O) groups excluding carboxylic acids is 1. The predicted molar refractivity (Wildman–Crippen MR) is 68.4 cm³/mol. The maximum atomic E-state index is 12.2. The number of nitrogens with zero attached hydrogens (tertiary/aromatic N) is 1. The van der Waals surface area contributed by atoms with Crippen molar-refractivity contribution in [3.63, 3.8) is 0 Å². The van der Waals surface area contributed by atoms with E-state index in [1.807, 2.05) is 36.1 Å². The Labute approximate surface area is 103 Å². The van der Waals surface area contributed by atoms with Crippen LogP contribution in [0.5, 0.6) is 0 Å². The first-order valence-electron chi connectivity index (χ1n) is 6.32. The van der Waals surface area contributed by atoms with Gasteiger partial charge in [-0.15, -0.1) is 0 Å². The van der Waals surface area contributed by atoms with Crippen molar-refractivity contribution in [2.24, 2.45) is 5.73 Å². The van der Waals surface area contributed by atoms with Gasteiger partial charge in [0.05, 0.1) is 6.42 Å². The molecule has 3 nitrogen and oxygen atoms in total. The minimum atomic E-state index is 0.232. The zero-order chi connectivity index (χ0) is 12.3. The minimum Gasteiger partial charge on any atom is -0.340 e. The van der Waals surface area contributed by atoms with E-state index >= 15 is 0 Å². The van der Waals surface area contributed by atoms with Crippen LogP contribution in [0.25, 0.3) is 0 Å². The first-order valence-corrected chi connectivity index (χ1v) is 6.32. The van der Waals surface area contributed by atoms with Gasteiger partial charge in [-0.1, -0.05) is 24.3 Å². The van der Waals surface area contributed by atoms with Gasteiger partial charge in [0.1, 0.15) is 0 Å². The van der Waals surface area contributed by atoms with Crippen LogP contribution in [0.15, 0.2) is 24.3 Å². The summed E-state index contributed by atoms with van der Waals surface area (Å²) in [4.78, 5) is 14.2. The molecule has 0 unspecified atom stereocenters. The van der Waals surface area contributed by atoms with Crippen molar-refractivity contribution in [3.05, 3.63) is 35.4 Å². The summed E-state index contributed by atoms with van der Waals surface area (Å²) in [6.07, 6.45) is 2.81. The Bertz CT molecular complexity index is 399. The van der Waals surface area contributed by atoms with Crippen molar-refractivity contribution >= 4 is 5.91 Å². The highest BCUT2D eigenvalue weighted by Gasteiger charge is 2.31. The Morgan fingerprint density at radius 2 is 2.00 bits per heavy atom. The first kappa shape index (κ1) is 12.1.